The first-order valence-electron chi connectivity index (χ1n) is 7.23. The maximum absolute atomic E-state index is 6.00. The molecule has 0 aliphatic rings. The molecule has 0 aliphatic carbocycles. The van der Waals surface area contributed by atoms with Crippen LogP contribution in [0.25, 0.3) is 0 Å². The molecule has 1 aromatic heterocycles. The van der Waals surface area contributed by atoms with Crippen molar-refractivity contribution in [3.05, 3.63) is 47.5 Å². The van der Waals surface area contributed by atoms with Crippen molar-refractivity contribution in [1.82, 2.24) is 9.55 Å². The minimum Gasteiger partial charge on any atom is -0.487 e. The van der Waals surface area contributed by atoms with Crippen LogP contribution in [0.1, 0.15) is 56.5 Å². The van der Waals surface area contributed by atoms with Gasteiger partial charge in [0.1, 0.15) is 12.4 Å². The fourth-order valence-corrected chi connectivity index (χ4v) is 2.19. The van der Waals surface area contributed by atoms with E-state index in [1.807, 2.05) is 12.5 Å². The van der Waals surface area contributed by atoms with Gasteiger partial charge >= 0.3 is 0 Å². The zero-order valence-corrected chi connectivity index (χ0v) is 13.1. The minimum absolute atomic E-state index is 0.402. The molecular formula is C17H24N2O. The van der Waals surface area contributed by atoms with Crippen LogP contribution in [0.4, 0.5) is 0 Å². The zero-order valence-electron chi connectivity index (χ0n) is 13.1. The Kier molecular flexibility index (Phi) is 4.48. The second kappa shape index (κ2) is 6.12. The van der Waals surface area contributed by atoms with Crippen molar-refractivity contribution in [2.24, 2.45) is 0 Å². The lowest BCUT2D eigenvalue weighted by Gasteiger charge is -2.15. The van der Waals surface area contributed by atoms with E-state index in [9.17, 15) is 0 Å². The van der Waals surface area contributed by atoms with Crippen LogP contribution in [-0.4, -0.2) is 9.55 Å². The summed E-state index contributed by atoms with van der Waals surface area (Å²) in [5, 5.41) is 0. The van der Waals surface area contributed by atoms with E-state index < -0.39 is 0 Å². The molecule has 2 rings (SSSR count). The lowest BCUT2D eigenvalue weighted by Crippen LogP contribution is -2.07. The molecule has 0 radical (unpaired) electrons. The van der Waals surface area contributed by atoms with Gasteiger partial charge in [-0.2, -0.15) is 0 Å². The van der Waals surface area contributed by atoms with Crippen molar-refractivity contribution < 1.29 is 4.74 Å². The van der Waals surface area contributed by atoms with Crippen molar-refractivity contribution in [2.75, 3.05) is 0 Å². The van der Waals surface area contributed by atoms with Crippen LogP contribution in [0.3, 0.4) is 0 Å². The highest BCUT2D eigenvalue weighted by Gasteiger charge is 2.08. The predicted octanol–water partition coefficient (Wildman–Crippen LogP) is 4.47. The van der Waals surface area contributed by atoms with Crippen LogP contribution >= 0.6 is 0 Å². The number of nitrogens with zero attached hydrogens (tertiary/aromatic N) is 2. The number of benzene rings is 1. The maximum Gasteiger partial charge on any atom is 0.130 e. The highest BCUT2D eigenvalue weighted by molar-refractivity contribution is 5.37. The molecule has 0 aliphatic heterocycles. The molecule has 2 aromatic rings. The second-order valence-corrected chi connectivity index (χ2v) is 5.85. The van der Waals surface area contributed by atoms with Crippen LogP contribution in [0.2, 0.25) is 0 Å². The normalized spacial score (nSPS) is 11.3. The fraction of sp³-hybridized carbons (Fsp3) is 0.471. The third kappa shape index (κ3) is 3.21. The molecule has 0 spiro atoms. The van der Waals surface area contributed by atoms with E-state index in [0.717, 1.165) is 11.4 Å². The molecule has 0 amide bonds. The average Bonchev–Trinajstić information content (AvgIpc) is 2.86. The van der Waals surface area contributed by atoms with Crippen molar-refractivity contribution in [3.63, 3.8) is 0 Å². The summed E-state index contributed by atoms with van der Waals surface area (Å²) in [4.78, 5) is 4.21. The molecule has 0 atom stereocenters. The second-order valence-electron chi connectivity index (χ2n) is 5.85. The number of aryl methyl sites for hydroxylation is 1. The van der Waals surface area contributed by atoms with Gasteiger partial charge in [0.25, 0.3) is 0 Å². The molecule has 1 heterocycles. The van der Waals surface area contributed by atoms with E-state index in [1.54, 1.807) is 0 Å². The van der Waals surface area contributed by atoms with Gasteiger partial charge in [-0.3, -0.25) is 0 Å². The molecule has 3 nitrogen and oxygen atoms in total. The van der Waals surface area contributed by atoms with E-state index in [1.165, 1.54) is 11.1 Å². The Hall–Kier alpha value is -1.77. The molecule has 0 saturated carbocycles. The number of hydrogen-bond acceptors (Lipinski definition) is 2. The summed E-state index contributed by atoms with van der Waals surface area (Å²) in [6.45, 7) is 11.3. The largest absolute Gasteiger partial charge is 0.487 e. The predicted molar refractivity (Wildman–Crippen MR) is 82.2 cm³/mol. The third-order valence-corrected chi connectivity index (χ3v) is 3.56. The zero-order chi connectivity index (χ0) is 14.7. The number of imidazole rings is 1. The van der Waals surface area contributed by atoms with Crippen molar-refractivity contribution in [3.8, 4) is 5.75 Å². The van der Waals surface area contributed by atoms with E-state index in [-0.39, 0.29) is 0 Å². The Morgan fingerprint density at radius 1 is 1.20 bits per heavy atom. The molecule has 0 bridgehead atoms. The number of rotatable bonds is 5. The molecule has 108 valence electrons. The summed E-state index contributed by atoms with van der Waals surface area (Å²) < 4.78 is 8.14. The van der Waals surface area contributed by atoms with Crippen LogP contribution in [0.5, 0.6) is 5.75 Å². The van der Waals surface area contributed by atoms with Crippen molar-refractivity contribution in [2.45, 2.75) is 53.2 Å². The van der Waals surface area contributed by atoms with Gasteiger partial charge in [-0.15, -0.1) is 0 Å². The Morgan fingerprint density at radius 2 is 1.95 bits per heavy atom. The first kappa shape index (κ1) is 14.6. The number of aromatic nitrogens is 2. The van der Waals surface area contributed by atoms with E-state index >= 15 is 0 Å². The lowest BCUT2D eigenvalue weighted by atomic mass is 10.0. The molecule has 0 saturated heterocycles. The summed E-state index contributed by atoms with van der Waals surface area (Å²) in [7, 11) is 0. The standard InChI is InChI=1S/C17H24N2O/c1-12(2)15-7-6-14(5)17(8-15)20-10-16-9-18-11-19(16)13(3)4/h6-9,11-13H,10H2,1-5H3. The van der Waals surface area contributed by atoms with Gasteiger partial charge in [0, 0.05) is 6.04 Å². The monoisotopic (exact) mass is 272 g/mol. The minimum atomic E-state index is 0.402. The summed E-state index contributed by atoms with van der Waals surface area (Å²) in [6, 6.07) is 6.85. The Balaban J connectivity index is 2.14. The van der Waals surface area contributed by atoms with Gasteiger partial charge in [-0.1, -0.05) is 26.0 Å². The molecule has 1 aromatic carbocycles. The van der Waals surface area contributed by atoms with Gasteiger partial charge < -0.3 is 9.30 Å². The lowest BCUT2D eigenvalue weighted by molar-refractivity contribution is 0.290. The van der Waals surface area contributed by atoms with Crippen LogP contribution in [0, 0.1) is 6.92 Å². The Morgan fingerprint density at radius 3 is 2.60 bits per heavy atom. The van der Waals surface area contributed by atoms with Crippen LogP contribution in [-0.2, 0) is 6.61 Å². The van der Waals surface area contributed by atoms with E-state index in [4.69, 9.17) is 4.74 Å². The maximum atomic E-state index is 6.00. The fourth-order valence-electron chi connectivity index (χ4n) is 2.19. The first-order chi connectivity index (χ1) is 9.49. The molecule has 3 heteroatoms. The summed E-state index contributed by atoms with van der Waals surface area (Å²) >= 11 is 0. The van der Waals surface area contributed by atoms with Gasteiger partial charge in [0.15, 0.2) is 0 Å². The van der Waals surface area contributed by atoms with Crippen molar-refractivity contribution >= 4 is 0 Å². The Bertz CT molecular complexity index is 570. The van der Waals surface area contributed by atoms with Gasteiger partial charge in [-0.25, -0.2) is 4.98 Å². The third-order valence-electron chi connectivity index (χ3n) is 3.56. The average molecular weight is 272 g/mol. The summed E-state index contributed by atoms with van der Waals surface area (Å²) in [6.07, 6.45) is 3.74. The molecule has 0 N–H and O–H groups in total. The number of hydrogen-bond donors (Lipinski definition) is 0. The molecular weight excluding hydrogens is 248 g/mol. The number of ether oxygens (including phenoxy) is 1. The summed E-state index contributed by atoms with van der Waals surface area (Å²) in [5.74, 6) is 1.48. The van der Waals surface area contributed by atoms with Crippen molar-refractivity contribution in [1.29, 1.82) is 0 Å². The molecule has 0 fully saturated rings. The van der Waals surface area contributed by atoms with Gasteiger partial charge in [0.05, 0.1) is 18.2 Å². The highest BCUT2D eigenvalue weighted by Crippen LogP contribution is 2.25. The van der Waals surface area contributed by atoms with Gasteiger partial charge in [-0.05, 0) is 43.9 Å². The van der Waals surface area contributed by atoms with Crippen LogP contribution < -0.4 is 4.74 Å². The van der Waals surface area contributed by atoms with Crippen LogP contribution in [0.15, 0.2) is 30.7 Å². The molecule has 20 heavy (non-hydrogen) atoms. The molecule has 0 unspecified atom stereocenters. The van der Waals surface area contributed by atoms with E-state index in [2.05, 4.69) is 62.4 Å². The topological polar surface area (TPSA) is 27.1 Å². The summed E-state index contributed by atoms with van der Waals surface area (Å²) in [5.41, 5.74) is 3.59. The first-order valence-corrected chi connectivity index (χ1v) is 7.23. The smallest absolute Gasteiger partial charge is 0.130 e. The van der Waals surface area contributed by atoms with Gasteiger partial charge in [0.2, 0.25) is 0 Å². The quantitative estimate of drug-likeness (QED) is 0.802. The highest BCUT2D eigenvalue weighted by atomic mass is 16.5. The SMILES string of the molecule is Cc1ccc(C(C)C)cc1OCc1cncn1C(C)C. The Labute approximate surface area is 121 Å². The van der Waals surface area contributed by atoms with E-state index in [0.29, 0.717) is 18.6 Å².